The fourth-order valence-corrected chi connectivity index (χ4v) is 1.12. The van der Waals surface area contributed by atoms with Gasteiger partial charge in [0.25, 0.3) is 0 Å². The molecule has 1 aromatic carbocycles. The van der Waals surface area contributed by atoms with Gasteiger partial charge in [0.15, 0.2) is 17.9 Å². The van der Waals surface area contributed by atoms with E-state index in [4.69, 9.17) is 5.11 Å². The lowest BCUT2D eigenvalue weighted by Gasteiger charge is -2.12. The number of ether oxygens (including phenoxy) is 1. The number of amides is 1. The number of benzene rings is 1. The molecular weight excluding hydrogens is 262 g/mol. The summed E-state index contributed by atoms with van der Waals surface area (Å²) in [5.74, 6) is -2.82. The number of nitrogens with one attached hydrogen (secondary N) is 1. The van der Waals surface area contributed by atoms with Crippen molar-refractivity contribution < 1.29 is 37.0 Å². The largest absolute Gasteiger partial charge is 0.573 e. The molecule has 0 heterocycles. The van der Waals surface area contributed by atoms with Crippen LogP contribution in [0.4, 0.5) is 28.0 Å². The summed E-state index contributed by atoms with van der Waals surface area (Å²) >= 11 is 0. The predicted octanol–water partition coefficient (Wildman–Crippen LogP) is 2.63. The second kappa shape index (κ2) is 4.90. The Balaban J connectivity index is 3.20. The third-order valence-corrected chi connectivity index (χ3v) is 1.73. The molecule has 1 rings (SSSR count). The number of hydrogen-bond acceptors (Lipinski definition) is 3. The predicted molar refractivity (Wildman–Crippen MR) is 50.1 cm³/mol. The van der Waals surface area contributed by atoms with Crippen LogP contribution < -0.4 is 10.1 Å². The molecule has 0 saturated carbocycles. The molecule has 5 nitrogen and oxygen atoms in total. The van der Waals surface area contributed by atoms with E-state index in [0.29, 0.717) is 6.07 Å². The van der Waals surface area contributed by atoms with Crippen LogP contribution >= 0.6 is 0 Å². The Morgan fingerprint density at radius 1 is 1.39 bits per heavy atom. The maximum atomic E-state index is 13.4. The highest BCUT2D eigenvalue weighted by atomic mass is 19.4. The van der Waals surface area contributed by atoms with Crippen LogP contribution in [-0.4, -0.2) is 23.8 Å². The molecule has 0 aromatic heterocycles. The number of rotatable bonds is 3. The van der Waals surface area contributed by atoms with Gasteiger partial charge in [-0.1, -0.05) is 0 Å². The molecule has 0 aliphatic rings. The Bertz CT molecular complexity index is 486. The monoisotopic (exact) mass is 267 g/mol. The van der Waals surface area contributed by atoms with Gasteiger partial charge in [-0.3, -0.25) is 10.1 Å². The van der Waals surface area contributed by atoms with Crippen LogP contribution in [0.3, 0.4) is 0 Å². The molecule has 0 aliphatic heterocycles. The minimum atomic E-state index is -5.12. The van der Waals surface area contributed by atoms with Crippen molar-refractivity contribution in [2.24, 2.45) is 0 Å². The molecule has 98 valence electrons. The number of carbonyl (C=O) groups is 2. The van der Waals surface area contributed by atoms with Crippen LogP contribution in [0.5, 0.6) is 5.75 Å². The van der Waals surface area contributed by atoms with Crippen molar-refractivity contribution >= 4 is 18.1 Å². The van der Waals surface area contributed by atoms with E-state index in [1.54, 1.807) is 5.32 Å². The second-order valence-corrected chi connectivity index (χ2v) is 2.93. The van der Waals surface area contributed by atoms with Gasteiger partial charge in [0.05, 0.1) is 11.3 Å². The standard InChI is InChI=1S/C9H5F4NO4/c10-7-4(3-15)5(14-8(16)17)1-2-6(7)18-9(11,12)13/h1-3,14H,(H,16,17). The summed E-state index contributed by atoms with van der Waals surface area (Å²) in [4.78, 5) is 20.8. The van der Waals surface area contributed by atoms with Crippen molar-refractivity contribution in [3.8, 4) is 5.75 Å². The first-order valence-electron chi connectivity index (χ1n) is 4.28. The lowest BCUT2D eigenvalue weighted by molar-refractivity contribution is -0.275. The van der Waals surface area contributed by atoms with E-state index in [2.05, 4.69) is 4.74 Å². The van der Waals surface area contributed by atoms with Gasteiger partial charge in [-0.15, -0.1) is 13.2 Å². The zero-order valence-corrected chi connectivity index (χ0v) is 8.42. The van der Waals surface area contributed by atoms with Gasteiger partial charge in [0, 0.05) is 0 Å². The van der Waals surface area contributed by atoms with Gasteiger partial charge < -0.3 is 9.84 Å². The number of carboxylic acid groups (broad SMARTS) is 1. The molecule has 0 spiro atoms. The van der Waals surface area contributed by atoms with Gasteiger partial charge in [0.2, 0.25) is 0 Å². The number of carbonyl (C=O) groups excluding carboxylic acids is 1. The van der Waals surface area contributed by atoms with Crippen LogP contribution in [0.1, 0.15) is 10.4 Å². The van der Waals surface area contributed by atoms with Crippen molar-refractivity contribution in [1.82, 2.24) is 0 Å². The number of hydrogen-bond donors (Lipinski definition) is 2. The van der Waals surface area contributed by atoms with E-state index >= 15 is 0 Å². The highest BCUT2D eigenvalue weighted by molar-refractivity contribution is 5.93. The highest BCUT2D eigenvalue weighted by Crippen LogP contribution is 2.30. The van der Waals surface area contributed by atoms with Crippen LogP contribution in [-0.2, 0) is 0 Å². The molecule has 0 bridgehead atoms. The van der Waals surface area contributed by atoms with E-state index in [0.717, 1.165) is 6.07 Å². The Kier molecular flexibility index (Phi) is 3.74. The zero-order chi connectivity index (χ0) is 13.9. The van der Waals surface area contributed by atoms with Gasteiger partial charge in [-0.25, -0.2) is 9.18 Å². The quantitative estimate of drug-likeness (QED) is 0.652. The third kappa shape index (κ3) is 3.34. The summed E-state index contributed by atoms with van der Waals surface area (Å²) in [6, 6.07) is 1.34. The van der Waals surface area contributed by atoms with Crippen molar-refractivity contribution in [3.63, 3.8) is 0 Å². The molecule has 0 radical (unpaired) electrons. The van der Waals surface area contributed by atoms with Crippen LogP contribution in [0.25, 0.3) is 0 Å². The molecule has 0 atom stereocenters. The first-order chi connectivity index (χ1) is 8.24. The average Bonchev–Trinajstić information content (AvgIpc) is 2.20. The highest BCUT2D eigenvalue weighted by Gasteiger charge is 2.33. The Morgan fingerprint density at radius 3 is 2.44 bits per heavy atom. The molecule has 1 aromatic rings. The third-order valence-electron chi connectivity index (χ3n) is 1.73. The molecule has 18 heavy (non-hydrogen) atoms. The van der Waals surface area contributed by atoms with Crippen molar-refractivity contribution in [3.05, 3.63) is 23.5 Å². The Labute approximate surface area is 97.0 Å². The van der Waals surface area contributed by atoms with Gasteiger partial charge in [0.1, 0.15) is 0 Å². The first kappa shape index (κ1) is 13.7. The molecule has 0 unspecified atom stereocenters. The minimum absolute atomic E-state index is 0.121. The normalized spacial score (nSPS) is 10.9. The molecule has 0 saturated heterocycles. The Hall–Kier alpha value is -2.32. The van der Waals surface area contributed by atoms with E-state index in [-0.39, 0.29) is 6.29 Å². The lowest BCUT2D eigenvalue weighted by atomic mass is 10.1. The lowest BCUT2D eigenvalue weighted by Crippen LogP contribution is -2.19. The van der Waals surface area contributed by atoms with Crippen LogP contribution in [0.2, 0.25) is 0 Å². The van der Waals surface area contributed by atoms with E-state index in [9.17, 15) is 27.2 Å². The molecule has 0 fully saturated rings. The van der Waals surface area contributed by atoms with Crippen molar-refractivity contribution in [2.75, 3.05) is 5.32 Å². The van der Waals surface area contributed by atoms with E-state index in [1.165, 1.54) is 0 Å². The molecule has 2 N–H and O–H groups in total. The fraction of sp³-hybridized carbons (Fsp3) is 0.111. The SMILES string of the molecule is O=Cc1c(NC(=O)O)ccc(OC(F)(F)F)c1F. The summed E-state index contributed by atoms with van der Waals surface area (Å²) < 4.78 is 52.4. The van der Waals surface area contributed by atoms with E-state index in [1.807, 2.05) is 0 Å². The van der Waals surface area contributed by atoms with Crippen LogP contribution in [0.15, 0.2) is 12.1 Å². The topological polar surface area (TPSA) is 75.6 Å². The average molecular weight is 267 g/mol. The summed E-state index contributed by atoms with van der Waals surface area (Å²) in [6.07, 6.45) is -6.84. The molecule has 0 aliphatic carbocycles. The molecular formula is C9H5F4NO4. The zero-order valence-electron chi connectivity index (χ0n) is 8.42. The van der Waals surface area contributed by atoms with Crippen molar-refractivity contribution in [2.45, 2.75) is 6.36 Å². The molecule has 1 amide bonds. The second-order valence-electron chi connectivity index (χ2n) is 2.93. The van der Waals surface area contributed by atoms with Gasteiger partial charge in [-0.2, -0.15) is 0 Å². The smallest absolute Gasteiger partial charge is 0.465 e. The van der Waals surface area contributed by atoms with Crippen molar-refractivity contribution in [1.29, 1.82) is 0 Å². The number of alkyl halides is 3. The maximum absolute atomic E-state index is 13.4. The minimum Gasteiger partial charge on any atom is -0.465 e. The number of halogens is 4. The summed E-state index contributed by atoms with van der Waals surface area (Å²) in [7, 11) is 0. The number of anilines is 1. The Morgan fingerprint density at radius 2 is 2.00 bits per heavy atom. The first-order valence-corrected chi connectivity index (χ1v) is 4.28. The number of aldehydes is 1. The summed E-state index contributed by atoms with van der Waals surface area (Å²) in [6.45, 7) is 0. The maximum Gasteiger partial charge on any atom is 0.573 e. The van der Waals surface area contributed by atoms with Gasteiger partial charge in [-0.05, 0) is 12.1 Å². The van der Waals surface area contributed by atoms with Gasteiger partial charge >= 0.3 is 12.5 Å². The van der Waals surface area contributed by atoms with E-state index < -0.39 is 35.3 Å². The molecule has 9 heteroatoms. The summed E-state index contributed by atoms with van der Waals surface area (Å²) in [5, 5.41) is 10.0. The van der Waals surface area contributed by atoms with Crippen LogP contribution in [0, 0.1) is 5.82 Å². The summed E-state index contributed by atoms with van der Waals surface area (Å²) in [5.41, 5.74) is -1.36. The fourth-order valence-electron chi connectivity index (χ4n) is 1.12.